The van der Waals surface area contributed by atoms with Crippen molar-refractivity contribution in [1.82, 2.24) is 4.90 Å². The number of methoxy groups -OCH3 is 1. The summed E-state index contributed by atoms with van der Waals surface area (Å²) in [5.41, 5.74) is 2.89. The molecule has 1 fully saturated rings. The summed E-state index contributed by atoms with van der Waals surface area (Å²) < 4.78 is 16.4. The van der Waals surface area contributed by atoms with E-state index in [0.717, 1.165) is 42.0 Å². The van der Waals surface area contributed by atoms with Crippen LogP contribution in [0.4, 0.5) is 0 Å². The van der Waals surface area contributed by atoms with E-state index in [4.69, 9.17) is 14.2 Å². The molecule has 2 aromatic carbocycles. The molecule has 1 saturated heterocycles. The predicted molar refractivity (Wildman–Crippen MR) is 97.6 cm³/mol. The highest BCUT2D eigenvalue weighted by molar-refractivity contribution is 5.94. The number of amides is 1. The molecule has 5 heteroatoms. The van der Waals surface area contributed by atoms with Gasteiger partial charge in [-0.3, -0.25) is 4.79 Å². The largest absolute Gasteiger partial charge is 0.486 e. The van der Waals surface area contributed by atoms with Gasteiger partial charge in [0.1, 0.15) is 13.2 Å². The number of rotatable bonds is 4. The van der Waals surface area contributed by atoms with Gasteiger partial charge in [0, 0.05) is 19.2 Å². The minimum Gasteiger partial charge on any atom is -0.486 e. The van der Waals surface area contributed by atoms with E-state index in [-0.39, 0.29) is 11.9 Å². The van der Waals surface area contributed by atoms with Crippen molar-refractivity contribution in [3.63, 3.8) is 0 Å². The second kappa shape index (κ2) is 7.38. The highest BCUT2D eigenvalue weighted by atomic mass is 16.6. The molecular weight excluding hydrogens is 330 g/mol. The molecule has 26 heavy (non-hydrogen) atoms. The van der Waals surface area contributed by atoms with E-state index in [2.05, 4.69) is 0 Å². The molecule has 0 aliphatic carbocycles. The molecule has 1 amide bonds. The Hall–Kier alpha value is -2.53. The smallest absolute Gasteiger partial charge is 0.254 e. The predicted octanol–water partition coefficient (Wildman–Crippen LogP) is 3.58. The number of fused-ring (bicyclic) bond motifs is 1. The van der Waals surface area contributed by atoms with Crippen LogP contribution in [0.25, 0.3) is 0 Å². The van der Waals surface area contributed by atoms with Crippen molar-refractivity contribution in [3.05, 3.63) is 59.2 Å². The fraction of sp³-hybridized carbons (Fsp3) is 0.381. The molecule has 4 rings (SSSR count). The van der Waals surface area contributed by atoms with Gasteiger partial charge in [0.05, 0.1) is 12.6 Å². The van der Waals surface area contributed by atoms with E-state index < -0.39 is 0 Å². The highest BCUT2D eigenvalue weighted by Gasteiger charge is 2.31. The topological polar surface area (TPSA) is 48.0 Å². The van der Waals surface area contributed by atoms with Gasteiger partial charge in [-0.15, -0.1) is 0 Å². The van der Waals surface area contributed by atoms with Crippen LogP contribution in [0.1, 0.15) is 40.4 Å². The average Bonchev–Trinajstić information content (AvgIpc) is 3.18. The SMILES string of the molecule is COCc1ccc(C(=O)N2CCCC2c2ccc3c(c2)OCCO3)cc1. The Labute approximate surface area is 153 Å². The third-order valence-corrected chi connectivity index (χ3v) is 4.98. The van der Waals surface area contributed by atoms with Crippen LogP contribution in [0.3, 0.4) is 0 Å². The van der Waals surface area contributed by atoms with Gasteiger partial charge in [0.2, 0.25) is 0 Å². The average molecular weight is 353 g/mol. The van der Waals surface area contributed by atoms with Crippen molar-refractivity contribution >= 4 is 5.91 Å². The van der Waals surface area contributed by atoms with Gasteiger partial charge in [0.25, 0.3) is 5.91 Å². The summed E-state index contributed by atoms with van der Waals surface area (Å²) in [5, 5.41) is 0. The van der Waals surface area contributed by atoms with Gasteiger partial charge in [-0.1, -0.05) is 18.2 Å². The van der Waals surface area contributed by atoms with Gasteiger partial charge < -0.3 is 19.1 Å². The Bertz CT molecular complexity index is 787. The van der Waals surface area contributed by atoms with Crippen molar-refractivity contribution in [2.24, 2.45) is 0 Å². The third kappa shape index (κ3) is 3.27. The summed E-state index contributed by atoms with van der Waals surface area (Å²) in [7, 11) is 1.67. The van der Waals surface area contributed by atoms with E-state index in [1.807, 2.05) is 47.4 Å². The zero-order valence-electron chi connectivity index (χ0n) is 14.9. The normalized spacial score (nSPS) is 18.8. The molecule has 2 aromatic rings. The van der Waals surface area contributed by atoms with E-state index in [9.17, 15) is 4.79 Å². The highest BCUT2D eigenvalue weighted by Crippen LogP contribution is 2.38. The van der Waals surface area contributed by atoms with Gasteiger partial charge in [-0.05, 0) is 48.2 Å². The number of ether oxygens (including phenoxy) is 3. The van der Waals surface area contributed by atoms with E-state index in [1.165, 1.54) is 0 Å². The Morgan fingerprint density at radius 1 is 1.12 bits per heavy atom. The fourth-order valence-corrected chi connectivity index (χ4v) is 3.70. The maximum Gasteiger partial charge on any atom is 0.254 e. The number of likely N-dealkylation sites (tertiary alicyclic amines) is 1. The summed E-state index contributed by atoms with van der Waals surface area (Å²) in [6, 6.07) is 13.8. The monoisotopic (exact) mass is 353 g/mol. The molecule has 2 aliphatic heterocycles. The van der Waals surface area contributed by atoms with Crippen LogP contribution < -0.4 is 9.47 Å². The zero-order valence-corrected chi connectivity index (χ0v) is 14.9. The van der Waals surface area contributed by atoms with Crippen LogP contribution in [-0.4, -0.2) is 37.7 Å². The minimum atomic E-state index is 0.0753. The molecule has 2 heterocycles. The molecule has 1 unspecified atom stereocenters. The lowest BCUT2D eigenvalue weighted by Crippen LogP contribution is -2.30. The summed E-state index contributed by atoms with van der Waals surface area (Å²) in [6.45, 7) is 2.48. The quantitative estimate of drug-likeness (QED) is 0.843. The standard InChI is InChI=1S/C21H23NO4/c1-24-14-15-4-6-16(7-5-15)21(23)22-10-2-3-18(22)17-8-9-19-20(13-17)26-12-11-25-19/h4-9,13,18H,2-3,10-12,14H2,1H3. The van der Waals surface area contributed by atoms with Crippen molar-refractivity contribution in [2.75, 3.05) is 26.9 Å². The summed E-state index contributed by atoms with van der Waals surface area (Å²) in [6.07, 6.45) is 1.97. The Balaban J connectivity index is 1.55. The van der Waals surface area contributed by atoms with Crippen molar-refractivity contribution < 1.29 is 19.0 Å². The Kier molecular flexibility index (Phi) is 4.80. The number of carbonyl (C=O) groups is 1. The maximum atomic E-state index is 13.0. The molecule has 0 saturated carbocycles. The number of hydrogen-bond acceptors (Lipinski definition) is 4. The van der Waals surface area contributed by atoms with Gasteiger partial charge in [-0.2, -0.15) is 0 Å². The molecule has 2 aliphatic rings. The van der Waals surface area contributed by atoms with E-state index >= 15 is 0 Å². The first-order chi connectivity index (χ1) is 12.8. The van der Waals surface area contributed by atoms with Crippen molar-refractivity contribution in [1.29, 1.82) is 0 Å². The lowest BCUT2D eigenvalue weighted by atomic mass is 10.0. The summed E-state index contributed by atoms with van der Waals surface area (Å²) in [5.74, 6) is 1.63. The molecule has 0 spiro atoms. The number of carbonyl (C=O) groups excluding carboxylic acids is 1. The third-order valence-electron chi connectivity index (χ3n) is 4.98. The lowest BCUT2D eigenvalue weighted by Gasteiger charge is -2.27. The summed E-state index contributed by atoms with van der Waals surface area (Å²) in [4.78, 5) is 15.0. The molecule has 136 valence electrons. The molecule has 0 aromatic heterocycles. The van der Waals surface area contributed by atoms with Crippen LogP contribution in [0, 0.1) is 0 Å². The van der Waals surface area contributed by atoms with Gasteiger partial charge in [0.15, 0.2) is 11.5 Å². The fourth-order valence-electron chi connectivity index (χ4n) is 3.70. The molecule has 1 atom stereocenters. The number of hydrogen-bond donors (Lipinski definition) is 0. The number of nitrogens with zero attached hydrogens (tertiary/aromatic N) is 1. The van der Waals surface area contributed by atoms with Gasteiger partial charge in [-0.25, -0.2) is 0 Å². The molecular formula is C21H23NO4. The minimum absolute atomic E-state index is 0.0753. The second-order valence-corrected chi connectivity index (χ2v) is 6.69. The van der Waals surface area contributed by atoms with E-state index in [0.29, 0.717) is 25.4 Å². The Morgan fingerprint density at radius 2 is 1.88 bits per heavy atom. The number of benzene rings is 2. The maximum absolute atomic E-state index is 13.0. The van der Waals surface area contributed by atoms with Gasteiger partial charge >= 0.3 is 0 Å². The van der Waals surface area contributed by atoms with Crippen LogP contribution in [0.2, 0.25) is 0 Å². The molecule has 0 bridgehead atoms. The van der Waals surface area contributed by atoms with Crippen LogP contribution in [0.15, 0.2) is 42.5 Å². The second-order valence-electron chi connectivity index (χ2n) is 6.69. The Morgan fingerprint density at radius 3 is 2.65 bits per heavy atom. The van der Waals surface area contributed by atoms with Crippen molar-refractivity contribution in [2.45, 2.75) is 25.5 Å². The zero-order chi connectivity index (χ0) is 17.9. The first-order valence-electron chi connectivity index (χ1n) is 9.04. The van der Waals surface area contributed by atoms with E-state index in [1.54, 1.807) is 7.11 Å². The molecule has 0 N–H and O–H groups in total. The first-order valence-corrected chi connectivity index (χ1v) is 9.04. The van der Waals surface area contributed by atoms with Crippen LogP contribution >= 0.6 is 0 Å². The lowest BCUT2D eigenvalue weighted by molar-refractivity contribution is 0.0735. The molecule has 5 nitrogen and oxygen atoms in total. The summed E-state index contributed by atoms with van der Waals surface area (Å²) >= 11 is 0. The first kappa shape index (κ1) is 16.9. The van der Waals surface area contributed by atoms with Crippen LogP contribution in [-0.2, 0) is 11.3 Å². The van der Waals surface area contributed by atoms with Crippen molar-refractivity contribution in [3.8, 4) is 11.5 Å². The van der Waals surface area contributed by atoms with Crippen LogP contribution in [0.5, 0.6) is 11.5 Å². The molecule has 0 radical (unpaired) electrons.